The number of fused-ring (bicyclic) bond motifs is 1. The minimum atomic E-state index is -0.454. The van der Waals surface area contributed by atoms with Gasteiger partial charge in [-0.2, -0.15) is 0 Å². The Morgan fingerprint density at radius 1 is 1.14 bits per heavy atom. The van der Waals surface area contributed by atoms with Crippen molar-refractivity contribution >= 4 is 22.4 Å². The van der Waals surface area contributed by atoms with E-state index in [1.165, 1.54) is 0 Å². The number of carbonyl (C=O) groups is 1. The molecule has 4 nitrogen and oxygen atoms in total. The Labute approximate surface area is 124 Å². The van der Waals surface area contributed by atoms with Gasteiger partial charge in [0, 0.05) is 5.69 Å². The van der Waals surface area contributed by atoms with E-state index < -0.39 is 6.10 Å². The van der Waals surface area contributed by atoms with E-state index >= 15 is 0 Å². The van der Waals surface area contributed by atoms with E-state index in [9.17, 15) is 9.90 Å². The zero-order chi connectivity index (χ0) is 14.8. The minimum Gasteiger partial charge on any atom is -0.398 e. The van der Waals surface area contributed by atoms with E-state index in [0.29, 0.717) is 11.3 Å². The molecule has 1 saturated carbocycles. The fourth-order valence-electron chi connectivity index (χ4n) is 2.98. The molecule has 0 unspecified atom stereocenters. The van der Waals surface area contributed by atoms with Crippen LogP contribution in [0, 0.1) is 0 Å². The summed E-state index contributed by atoms with van der Waals surface area (Å²) in [6.45, 7) is 0. The van der Waals surface area contributed by atoms with Gasteiger partial charge in [0.25, 0.3) is 5.91 Å². The largest absolute Gasteiger partial charge is 0.398 e. The average Bonchev–Trinajstić information content (AvgIpc) is 2.49. The monoisotopic (exact) mass is 284 g/mol. The van der Waals surface area contributed by atoms with Gasteiger partial charge < -0.3 is 16.2 Å². The Bertz CT molecular complexity index is 669. The predicted molar refractivity (Wildman–Crippen MR) is 84.1 cm³/mol. The van der Waals surface area contributed by atoms with Gasteiger partial charge in [-0.25, -0.2) is 0 Å². The number of carbonyl (C=O) groups excluding carboxylic acids is 1. The van der Waals surface area contributed by atoms with Crippen molar-refractivity contribution in [2.75, 3.05) is 5.73 Å². The maximum absolute atomic E-state index is 12.4. The Morgan fingerprint density at radius 2 is 1.81 bits per heavy atom. The third-order valence-corrected chi connectivity index (χ3v) is 4.21. The molecule has 110 valence electrons. The molecule has 2 atom stereocenters. The number of aliphatic hydroxyl groups excluding tert-OH is 1. The minimum absolute atomic E-state index is 0.169. The van der Waals surface area contributed by atoms with Gasteiger partial charge in [0.1, 0.15) is 0 Å². The van der Waals surface area contributed by atoms with Crippen LogP contribution in [0.2, 0.25) is 0 Å². The molecule has 0 bridgehead atoms. The lowest BCUT2D eigenvalue weighted by molar-refractivity contribution is 0.0718. The highest BCUT2D eigenvalue weighted by molar-refractivity contribution is 6.04. The second-order valence-electron chi connectivity index (χ2n) is 5.72. The topological polar surface area (TPSA) is 75.4 Å². The van der Waals surface area contributed by atoms with Crippen LogP contribution in [-0.2, 0) is 0 Å². The quantitative estimate of drug-likeness (QED) is 0.741. The van der Waals surface area contributed by atoms with Crippen molar-refractivity contribution in [1.82, 2.24) is 5.32 Å². The van der Waals surface area contributed by atoms with Crippen molar-refractivity contribution in [2.24, 2.45) is 0 Å². The molecule has 0 spiro atoms. The van der Waals surface area contributed by atoms with Gasteiger partial charge in [0.05, 0.1) is 17.7 Å². The van der Waals surface area contributed by atoms with Gasteiger partial charge in [0.2, 0.25) is 0 Å². The molecule has 2 aromatic rings. The molecule has 4 heteroatoms. The van der Waals surface area contributed by atoms with Crippen LogP contribution < -0.4 is 11.1 Å². The van der Waals surface area contributed by atoms with Gasteiger partial charge in [-0.3, -0.25) is 4.79 Å². The third kappa shape index (κ3) is 2.85. The van der Waals surface area contributed by atoms with Gasteiger partial charge in [-0.15, -0.1) is 0 Å². The number of nitrogen functional groups attached to an aromatic ring is 1. The maximum atomic E-state index is 12.4. The summed E-state index contributed by atoms with van der Waals surface area (Å²) in [6, 6.07) is 11.3. The molecule has 0 radical (unpaired) electrons. The molecule has 1 aliphatic rings. The van der Waals surface area contributed by atoms with Crippen molar-refractivity contribution in [3.63, 3.8) is 0 Å². The lowest BCUT2D eigenvalue weighted by Gasteiger charge is -2.28. The fraction of sp³-hybridized carbons (Fsp3) is 0.353. The van der Waals surface area contributed by atoms with Crippen LogP contribution in [0.4, 0.5) is 5.69 Å². The molecular formula is C17H20N2O2. The summed E-state index contributed by atoms with van der Waals surface area (Å²) in [5.74, 6) is -0.204. The molecule has 0 aliphatic heterocycles. The Morgan fingerprint density at radius 3 is 2.52 bits per heavy atom. The molecule has 1 fully saturated rings. The van der Waals surface area contributed by atoms with Gasteiger partial charge >= 0.3 is 0 Å². The first-order valence-electron chi connectivity index (χ1n) is 7.42. The van der Waals surface area contributed by atoms with Crippen LogP contribution in [0.3, 0.4) is 0 Å². The molecule has 0 aromatic heterocycles. The first-order valence-corrected chi connectivity index (χ1v) is 7.42. The summed E-state index contributed by atoms with van der Waals surface area (Å²) in [4.78, 5) is 12.4. The molecule has 3 rings (SSSR count). The average molecular weight is 284 g/mol. The van der Waals surface area contributed by atoms with Crippen LogP contribution in [0.5, 0.6) is 0 Å². The van der Waals surface area contributed by atoms with Crippen molar-refractivity contribution in [1.29, 1.82) is 0 Å². The predicted octanol–water partition coefficient (Wildman–Crippen LogP) is 2.46. The Hall–Kier alpha value is -2.07. The lowest BCUT2D eigenvalue weighted by atomic mass is 9.92. The van der Waals surface area contributed by atoms with E-state index in [0.717, 1.165) is 36.5 Å². The molecule has 1 aliphatic carbocycles. The number of rotatable bonds is 2. The molecule has 1 amide bonds. The van der Waals surface area contributed by atoms with E-state index in [1.54, 1.807) is 0 Å². The van der Waals surface area contributed by atoms with E-state index in [1.807, 2.05) is 36.4 Å². The van der Waals surface area contributed by atoms with Crippen molar-refractivity contribution in [2.45, 2.75) is 37.8 Å². The first-order chi connectivity index (χ1) is 10.1. The zero-order valence-electron chi connectivity index (χ0n) is 11.9. The second-order valence-corrected chi connectivity index (χ2v) is 5.72. The zero-order valence-corrected chi connectivity index (χ0v) is 11.9. The SMILES string of the molecule is Nc1cc2ccccc2cc1C(=O)N[C@@H]1CCCC[C@H]1O. The van der Waals surface area contributed by atoms with Crippen molar-refractivity contribution in [3.8, 4) is 0 Å². The summed E-state index contributed by atoms with van der Waals surface area (Å²) in [7, 11) is 0. The lowest BCUT2D eigenvalue weighted by Crippen LogP contribution is -2.45. The summed E-state index contributed by atoms with van der Waals surface area (Å²) in [6.07, 6.45) is 3.17. The normalized spacial score (nSPS) is 22.1. The highest BCUT2D eigenvalue weighted by Gasteiger charge is 2.25. The van der Waals surface area contributed by atoms with Crippen LogP contribution in [0.15, 0.2) is 36.4 Å². The molecule has 0 saturated heterocycles. The summed E-state index contributed by atoms with van der Waals surface area (Å²) in [5.41, 5.74) is 6.95. The number of hydrogen-bond donors (Lipinski definition) is 3. The number of nitrogens with two attached hydrogens (primary N) is 1. The fourth-order valence-corrected chi connectivity index (χ4v) is 2.98. The molecular weight excluding hydrogens is 264 g/mol. The standard InChI is InChI=1S/C17H20N2O2/c18-14-10-12-6-2-1-5-11(12)9-13(14)17(21)19-15-7-3-4-8-16(15)20/h1-2,5-6,9-10,15-16,20H,3-4,7-8,18H2,(H,19,21)/t15-,16-/m1/s1. The first kappa shape index (κ1) is 13.9. The van der Waals surface area contributed by atoms with E-state index in [2.05, 4.69) is 5.32 Å². The Kier molecular flexibility index (Phi) is 3.80. The van der Waals surface area contributed by atoms with Crippen LogP contribution in [0.25, 0.3) is 10.8 Å². The van der Waals surface area contributed by atoms with Crippen LogP contribution in [0.1, 0.15) is 36.0 Å². The van der Waals surface area contributed by atoms with Gasteiger partial charge in [-0.05, 0) is 35.7 Å². The Balaban J connectivity index is 1.85. The molecule has 2 aromatic carbocycles. The number of anilines is 1. The number of aliphatic hydroxyl groups is 1. The van der Waals surface area contributed by atoms with E-state index in [4.69, 9.17) is 5.73 Å². The van der Waals surface area contributed by atoms with Crippen molar-refractivity contribution in [3.05, 3.63) is 42.0 Å². The highest BCUT2D eigenvalue weighted by atomic mass is 16.3. The smallest absolute Gasteiger partial charge is 0.253 e. The van der Waals surface area contributed by atoms with Crippen LogP contribution >= 0.6 is 0 Å². The molecule has 0 heterocycles. The third-order valence-electron chi connectivity index (χ3n) is 4.21. The van der Waals surface area contributed by atoms with Crippen LogP contribution in [-0.4, -0.2) is 23.2 Å². The van der Waals surface area contributed by atoms with Crippen molar-refractivity contribution < 1.29 is 9.90 Å². The number of benzene rings is 2. The van der Waals surface area contributed by atoms with Gasteiger partial charge in [0.15, 0.2) is 0 Å². The number of hydrogen-bond acceptors (Lipinski definition) is 3. The molecule has 21 heavy (non-hydrogen) atoms. The second kappa shape index (κ2) is 5.74. The molecule has 4 N–H and O–H groups in total. The summed E-state index contributed by atoms with van der Waals surface area (Å²) in [5, 5.41) is 14.9. The highest BCUT2D eigenvalue weighted by Crippen LogP contribution is 2.23. The number of nitrogens with one attached hydrogen (secondary N) is 1. The number of amides is 1. The van der Waals surface area contributed by atoms with E-state index in [-0.39, 0.29) is 11.9 Å². The van der Waals surface area contributed by atoms with Gasteiger partial charge in [-0.1, -0.05) is 37.1 Å². The maximum Gasteiger partial charge on any atom is 0.253 e. The summed E-state index contributed by atoms with van der Waals surface area (Å²) >= 11 is 0. The summed E-state index contributed by atoms with van der Waals surface area (Å²) < 4.78 is 0.